The van der Waals surface area contributed by atoms with Gasteiger partial charge in [-0.05, 0) is 0 Å². The predicted molar refractivity (Wildman–Crippen MR) is 255 cm³/mol. The number of nitrogens with zero attached hydrogens (tertiary/aromatic N) is 4. The normalized spacial score (nSPS) is 15.4. The summed E-state index contributed by atoms with van der Waals surface area (Å²) in [6.07, 6.45) is 12.6. The third-order valence-electron chi connectivity index (χ3n) is 12.2. The zero-order valence-electron chi connectivity index (χ0n) is 33.4. The summed E-state index contributed by atoms with van der Waals surface area (Å²) in [7, 11) is 0. The molecule has 0 spiro atoms. The second-order valence-electron chi connectivity index (χ2n) is 16.6. The first kappa shape index (κ1) is 41.4. The fourth-order valence-electron chi connectivity index (χ4n) is 9.77. The summed E-state index contributed by atoms with van der Waals surface area (Å²) in [6.45, 7) is 2.37. The molecule has 60 heavy (non-hydrogen) atoms. The summed E-state index contributed by atoms with van der Waals surface area (Å²) in [5.74, 6) is 0. The van der Waals surface area contributed by atoms with Crippen molar-refractivity contribution in [2.24, 2.45) is 0 Å². The van der Waals surface area contributed by atoms with Crippen molar-refractivity contribution < 1.29 is 17.4 Å². The van der Waals surface area contributed by atoms with Crippen LogP contribution in [0.2, 0.25) is 9.26 Å². The molecule has 0 bridgehead atoms. The second kappa shape index (κ2) is 16.6. The summed E-state index contributed by atoms with van der Waals surface area (Å²) >= 11 is -4.37. The van der Waals surface area contributed by atoms with Gasteiger partial charge in [0.25, 0.3) is 0 Å². The van der Waals surface area contributed by atoms with Crippen molar-refractivity contribution >= 4 is 55.0 Å². The van der Waals surface area contributed by atoms with Gasteiger partial charge in [0.05, 0.1) is 0 Å². The van der Waals surface area contributed by atoms with Crippen molar-refractivity contribution in [2.45, 2.75) is 16.5 Å². The third kappa shape index (κ3) is 7.30. The molecule has 10 rings (SSSR count). The molecule has 0 saturated carbocycles. The molecule has 4 aromatic carbocycles. The van der Waals surface area contributed by atoms with Gasteiger partial charge in [-0.1, -0.05) is 0 Å². The maximum absolute atomic E-state index is 4.95. The number of fused-ring (bicyclic) bond motifs is 2. The molecule has 4 heterocycles. The number of rotatable bonds is 8. The van der Waals surface area contributed by atoms with E-state index in [1.807, 2.05) is 49.1 Å². The van der Waals surface area contributed by atoms with Gasteiger partial charge in [-0.15, -0.1) is 24.8 Å². The van der Waals surface area contributed by atoms with Crippen molar-refractivity contribution in [2.75, 3.05) is 0 Å². The first-order valence-electron chi connectivity index (χ1n) is 20.0. The summed E-state index contributed by atoms with van der Waals surface area (Å²) in [5.41, 5.74) is 19.0. The number of allylic oxidation sites excluding steroid dienone is 2. The SMILES string of the molecule is Cl.Cl.[CH3][Zr]([CH3])(=[SiH2])([CH]1C(c2ccccc2)=Cc2c(-c3ccccn3)cc(-c3ccccn3)cc21)[CH]1C(c2ccccc2)=Cc2c(-c3ccccn3)cc(-c3ccccn3)cc21. The fraction of sp³-hybridized carbons (Fsp3) is 0.0769. The average molecular weight is 915 g/mol. The van der Waals surface area contributed by atoms with E-state index in [2.05, 4.69) is 162 Å². The van der Waals surface area contributed by atoms with Crippen molar-refractivity contribution in [3.05, 3.63) is 216 Å². The Hall–Kier alpha value is -5.36. The van der Waals surface area contributed by atoms with E-state index < -0.39 is 17.4 Å². The molecule has 0 saturated heterocycles. The zero-order chi connectivity index (χ0) is 39.3. The molecule has 0 fully saturated rings. The Morgan fingerprint density at radius 2 is 0.733 bits per heavy atom. The minimum atomic E-state index is -4.37. The van der Waals surface area contributed by atoms with Crippen LogP contribution >= 0.6 is 24.8 Å². The monoisotopic (exact) mass is 912 g/mol. The van der Waals surface area contributed by atoms with Crippen LogP contribution in [0, 0.1) is 0 Å². The number of hydrogen-bond donors (Lipinski definition) is 0. The van der Waals surface area contributed by atoms with Crippen molar-refractivity contribution in [3.63, 3.8) is 0 Å². The Balaban J connectivity index is 0.00000249. The molecule has 294 valence electrons. The van der Waals surface area contributed by atoms with Crippen molar-refractivity contribution in [3.8, 4) is 45.0 Å². The van der Waals surface area contributed by atoms with Crippen LogP contribution in [0.3, 0.4) is 0 Å². The molecule has 0 aliphatic heterocycles. The van der Waals surface area contributed by atoms with Crippen LogP contribution in [-0.2, 0) is 17.4 Å². The van der Waals surface area contributed by atoms with Crippen LogP contribution in [0.1, 0.15) is 40.6 Å². The molecule has 0 radical (unpaired) electrons. The molecule has 8 heteroatoms. The van der Waals surface area contributed by atoms with Crippen LogP contribution in [-0.4, -0.2) is 26.8 Å². The fourth-order valence-corrected chi connectivity index (χ4v) is 28.2. The Morgan fingerprint density at radius 3 is 1.07 bits per heavy atom. The molecule has 0 N–H and O–H groups in total. The van der Waals surface area contributed by atoms with Gasteiger partial charge in [0, 0.05) is 0 Å². The zero-order valence-corrected chi connectivity index (χ0v) is 38.9. The van der Waals surface area contributed by atoms with E-state index in [1.54, 1.807) is 0 Å². The van der Waals surface area contributed by atoms with Gasteiger partial charge >= 0.3 is 345 Å². The Bertz CT molecular complexity index is 2760. The maximum atomic E-state index is 4.95. The van der Waals surface area contributed by atoms with Gasteiger partial charge in [-0.3, -0.25) is 0 Å². The summed E-state index contributed by atoms with van der Waals surface area (Å²) < 4.78 is 5.77. The first-order chi connectivity index (χ1) is 28.3. The Kier molecular flexibility index (Phi) is 11.4. The van der Waals surface area contributed by atoms with E-state index in [4.69, 9.17) is 19.9 Å². The molecule has 8 aromatic rings. The van der Waals surface area contributed by atoms with Crippen LogP contribution in [0.4, 0.5) is 0 Å². The van der Waals surface area contributed by atoms with Crippen LogP contribution in [0.5, 0.6) is 0 Å². The minimum absolute atomic E-state index is 0. The van der Waals surface area contributed by atoms with Crippen LogP contribution in [0.15, 0.2) is 183 Å². The topological polar surface area (TPSA) is 51.6 Å². The Labute approximate surface area is 367 Å². The second-order valence-corrected chi connectivity index (χ2v) is 47.1. The Morgan fingerprint density at radius 1 is 0.400 bits per heavy atom. The van der Waals surface area contributed by atoms with Gasteiger partial charge in [-0.2, -0.15) is 0 Å². The van der Waals surface area contributed by atoms with E-state index >= 15 is 0 Å². The van der Waals surface area contributed by atoms with E-state index in [0.29, 0.717) is 0 Å². The van der Waals surface area contributed by atoms with E-state index in [-0.39, 0.29) is 32.1 Å². The van der Waals surface area contributed by atoms with Crippen molar-refractivity contribution in [1.29, 1.82) is 0 Å². The molecule has 2 aliphatic carbocycles. The van der Waals surface area contributed by atoms with Gasteiger partial charge in [0.15, 0.2) is 0 Å². The summed E-state index contributed by atoms with van der Waals surface area (Å²) in [4.78, 5) is 19.7. The van der Waals surface area contributed by atoms with E-state index in [1.165, 1.54) is 44.5 Å². The van der Waals surface area contributed by atoms with Gasteiger partial charge < -0.3 is 0 Å². The number of aromatic nitrogens is 4. The summed E-state index contributed by atoms with van der Waals surface area (Å²) in [5, 5.41) is 0. The van der Waals surface area contributed by atoms with Crippen molar-refractivity contribution in [1.82, 2.24) is 19.9 Å². The molecule has 4 nitrogen and oxygen atoms in total. The molecule has 2 atom stereocenters. The predicted octanol–water partition coefficient (Wildman–Crippen LogP) is 13.0. The molecule has 2 aliphatic rings. The number of hydrogen-bond acceptors (Lipinski definition) is 4. The van der Waals surface area contributed by atoms with Crippen LogP contribution in [0.25, 0.3) is 68.3 Å². The van der Waals surface area contributed by atoms with E-state index in [0.717, 1.165) is 45.0 Å². The quantitative estimate of drug-likeness (QED) is 0.143. The molecule has 2 unspecified atom stereocenters. The van der Waals surface area contributed by atoms with E-state index in [9.17, 15) is 0 Å². The number of benzene rings is 4. The van der Waals surface area contributed by atoms with Gasteiger partial charge in [-0.25, -0.2) is 0 Å². The molecule has 4 aromatic heterocycles. The standard InChI is InChI=1S/2C25H17N2.2CH3.2ClH.H2Si.Zr/c2*1-2-8-18(9-3-1)19-14-20-15-21(24-10-4-6-12-26-24)17-23(22(20)16-19)25-11-5-7-13-27-25;;;;;;/h2*1-17H;2*1H3;2*1H;1H2;. The van der Waals surface area contributed by atoms with Gasteiger partial charge in [0.2, 0.25) is 0 Å². The molecular formula is C52H44Cl2N4SiZr. The first-order valence-corrected chi connectivity index (χ1v) is 33.6. The third-order valence-corrected chi connectivity index (χ3v) is 29.4. The number of halogens is 2. The molecule has 0 amide bonds. The number of pyridine rings is 4. The van der Waals surface area contributed by atoms with Crippen LogP contribution < -0.4 is 0 Å². The molecular weight excluding hydrogens is 871 g/mol. The average Bonchev–Trinajstić information content (AvgIpc) is 3.89. The van der Waals surface area contributed by atoms with Gasteiger partial charge in [0.1, 0.15) is 0 Å². The summed E-state index contributed by atoms with van der Waals surface area (Å²) in [6, 6.07) is 56.5.